The van der Waals surface area contributed by atoms with Crippen LogP contribution < -0.4 is 10.6 Å². The monoisotopic (exact) mass is 374 g/mol. The molecule has 26 heavy (non-hydrogen) atoms. The van der Waals surface area contributed by atoms with E-state index >= 15 is 0 Å². The molecule has 0 bridgehead atoms. The van der Waals surface area contributed by atoms with Gasteiger partial charge in [0.15, 0.2) is 11.8 Å². The normalized spacial score (nSPS) is 21.0. The third-order valence-electron chi connectivity index (χ3n) is 5.27. The summed E-state index contributed by atoms with van der Waals surface area (Å²) in [5.74, 6) is 3.51. The molecular formula is C19H30N6S. The highest BCUT2D eigenvalue weighted by molar-refractivity contribution is 7.09. The Morgan fingerprint density at radius 1 is 1.38 bits per heavy atom. The molecule has 2 aromatic rings. The first kappa shape index (κ1) is 18.9. The van der Waals surface area contributed by atoms with E-state index in [2.05, 4.69) is 45.3 Å². The quantitative estimate of drug-likeness (QED) is 0.601. The van der Waals surface area contributed by atoms with Crippen molar-refractivity contribution in [3.05, 3.63) is 34.0 Å². The van der Waals surface area contributed by atoms with Crippen LogP contribution in [0.3, 0.4) is 0 Å². The maximum absolute atomic E-state index is 4.79. The van der Waals surface area contributed by atoms with E-state index in [4.69, 9.17) is 4.99 Å². The number of nitrogens with one attached hydrogen (secondary N) is 2. The van der Waals surface area contributed by atoms with Gasteiger partial charge in [0.2, 0.25) is 0 Å². The van der Waals surface area contributed by atoms with Gasteiger partial charge in [0.1, 0.15) is 12.4 Å². The molecule has 0 saturated heterocycles. The average Bonchev–Trinajstić information content (AvgIpc) is 3.29. The van der Waals surface area contributed by atoms with Gasteiger partial charge in [-0.15, -0.1) is 21.5 Å². The predicted octanol–water partition coefficient (Wildman–Crippen LogP) is 3.39. The van der Waals surface area contributed by atoms with Gasteiger partial charge >= 0.3 is 0 Å². The Morgan fingerprint density at radius 3 is 2.96 bits per heavy atom. The summed E-state index contributed by atoms with van der Waals surface area (Å²) in [7, 11) is 1.99. The Hall–Kier alpha value is -1.89. The van der Waals surface area contributed by atoms with Crippen LogP contribution in [0.25, 0.3) is 0 Å². The van der Waals surface area contributed by atoms with Crippen LogP contribution in [-0.4, -0.2) is 26.8 Å². The van der Waals surface area contributed by atoms with Crippen LogP contribution in [0.15, 0.2) is 22.5 Å². The Labute approximate surface area is 160 Å². The first-order chi connectivity index (χ1) is 12.7. The molecule has 7 heteroatoms. The highest BCUT2D eigenvalue weighted by Gasteiger charge is 2.21. The Bertz CT molecular complexity index is 706. The van der Waals surface area contributed by atoms with Gasteiger partial charge in [0.05, 0.1) is 6.54 Å². The lowest BCUT2D eigenvalue weighted by molar-refractivity contribution is 0.298. The molecule has 0 aliphatic heterocycles. The zero-order valence-corrected chi connectivity index (χ0v) is 16.9. The van der Waals surface area contributed by atoms with Crippen LogP contribution in [0.4, 0.5) is 0 Å². The summed E-state index contributed by atoms with van der Waals surface area (Å²) in [6.45, 7) is 5.58. The molecule has 2 aromatic heterocycles. The molecule has 2 heterocycles. The van der Waals surface area contributed by atoms with E-state index in [1.807, 2.05) is 18.5 Å². The van der Waals surface area contributed by atoms with Gasteiger partial charge in [-0.2, -0.15) is 0 Å². The number of aliphatic imine (C=N–C) groups is 1. The topological polar surface area (TPSA) is 67.1 Å². The summed E-state index contributed by atoms with van der Waals surface area (Å²) >= 11 is 1.76. The number of hydrogen-bond acceptors (Lipinski definition) is 4. The minimum Gasteiger partial charge on any atom is -0.354 e. The predicted molar refractivity (Wildman–Crippen MR) is 107 cm³/mol. The lowest BCUT2D eigenvalue weighted by Crippen LogP contribution is -2.45. The summed E-state index contributed by atoms with van der Waals surface area (Å²) in [6, 6.07) is 4.74. The minimum atomic E-state index is 0.504. The van der Waals surface area contributed by atoms with E-state index in [0.29, 0.717) is 12.6 Å². The van der Waals surface area contributed by atoms with Crippen molar-refractivity contribution in [2.24, 2.45) is 18.0 Å². The van der Waals surface area contributed by atoms with E-state index in [-0.39, 0.29) is 0 Å². The fourth-order valence-corrected chi connectivity index (χ4v) is 4.11. The van der Waals surface area contributed by atoms with Crippen LogP contribution in [0, 0.1) is 12.8 Å². The Morgan fingerprint density at radius 2 is 2.27 bits per heavy atom. The molecular weight excluding hydrogens is 344 g/mol. The van der Waals surface area contributed by atoms with Gasteiger partial charge in [-0.25, -0.2) is 4.99 Å². The molecule has 1 aliphatic carbocycles. The Kier molecular flexibility index (Phi) is 6.66. The molecule has 1 saturated carbocycles. The molecule has 2 atom stereocenters. The van der Waals surface area contributed by atoms with Crippen LogP contribution in [-0.2, 0) is 20.1 Å². The second kappa shape index (κ2) is 9.16. The summed E-state index contributed by atoms with van der Waals surface area (Å²) in [5, 5.41) is 17.6. The van der Waals surface area contributed by atoms with Gasteiger partial charge in [0.25, 0.3) is 0 Å². The second-order valence-electron chi connectivity index (χ2n) is 7.10. The summed E-state index contributed by atoms with van der Waals surface area (Å²) in [4.78, 5) is 6.10. The molecule has 0 radical (unpaired) electrons. The SMILES string of the molecule is CCC1CCCC(NC(=NCc2nnc(C)n2C)NCc2cccs2)C1. The lowest BCUT2D eigenvalue weighted by atomic mass is 9.84. The van der Waals surface area contributed by atoms with Crippen LogP contribution in [0.1, 0.15) is 55.6 Å². The lowest BCUT2D eigenvalue weighted by Gasteiger charge is -2.30. The largest absolute Gasteiger partial charge is 0.354 e. The maximum atomic E-state index is 4.79. The van der Waals surface area contributed by atoms with Gasteiger partial charge in [0, 0.05) is 18.0 Å². The molecule has 6 nitrogen and oxygen atoms in total. The van der Waals surface area contributed by atoms with Crippen molar-refractivity contribution in [3.63, 3.8) is 0 Å². The van der Waals surface area contributed by atoms with Crippen molar-refractivity contribution >= 4 is 17.3 Å². The summed E-state index contributed by atoms with van der Waals surface area (Å²) in [5.41, 5.74) is 0. The van der Waals surface area contributed by atoms with E-state index < -0.39 is 0 Å². The van der Waals surface area contributed by atoms with Crippen LogP contribution in [0.5, 0.6) is 0 Å². The second-order valence-corrected chi connectivity index (χ2v) is 8.13. The molecule has 0 spiro atoms. The van der Waals surface area contributed by atoms with Crippen LogP contribution >= 0.6 is 11.3 Å². The third-order valence-corrected chi connectivity index (χ3v) is 6.15. The fourth-order valence-electron chi connectivity index (χ4n) is 3.46. The van der Waals surface area contributed by atoms with Crippen molar-refractivity contribution in [2.45, 2.75) is 65.1 Å². The molecule has 0 amide bonds. The number of aromatic nitrogens is 3. The number of guanidine groups is 1. The summed E-state index contributed by atoms with van der Waals surface area (Å²) in [6.07, 6.45) is 6.39. The van der Waals surface area contributed by atoms with Gasteiger partial charge in [-0.05, 0) is 37.1 Å². The zero-order valence-electron chi connectivity index (χ0n) is 16.0. The van der Waals surface area contributed by atoms with Crippen molar-refractivity contribution < 1.29 is 0 Å². The smallest absolute Gasteiger partial charge is 0.192 e. The molecule has 142 valence electrons. The standard InChI is InChI=1S/C19H30N6S/c1-4-15-7-5-8-16(11-15)22-19(20-12-17-9-6-10-26-17)21-13-18-24-23-14(2)25(18)3/h6,9-10,15-16H,4-5,7-8,11-13H2,1-3H3,(H2,20,21,22). The summed E-state index contributed by atoms with van der Waals surface area (Å²) < 4.78 is 1.99. The molecule has 1 fully saturated rings. The van der Waals surface area contributed by atoms with Gasteiger partial charge in [-0.3, -0.25) is 0 Å². The van der Waals surface area contributed by atoms with Crippen molar-refractivity contribution in [3.8, 4) is 0 Å². The van der Waals surface area contributed by atoms with Crippen molar-refractivity contribution in [1.82, 2.24) is 25.4 Å². The number of thiophene rings is 1. The van der Waals surface area contributed by atoms with Crippen molar-refractivity contribution in [1.29, 1.82) is 0 Å². The number of aryl methyl sites for hydroxylation is 1. The van der Waals surface area contributed by atoms with E-state index in [1.165, 1.54) is 37.0 Å². The minimum absolute atomic E-state index is 0.504. The maximum Gasteiger partial charge on any atom is 0.192 e. The number of nitrogens with zero attached hydrogens (tertiary/aromatic N) is 4. The highest BCUT2D eigenvalue weighted by atomic mass is 32.1. The van der Waals surface area contributed by atoms with Gasteiger partial charge in [-0.1, -0.05) is 32.3 Å². The van der Waals surface area contributed by atoms with Crippen LogP contribution in [0.2, 0.25) is 0 Å². The first-order valence-corrected chi connectivity index (χ1v) is 10.5. The van der Waals surface area contributed by atoms with Gasteiger partial charge < -0.3 is 15.2 Å². The molecule has 0 aromatic carbocycles. The molecule has 1 aliphatic rings. The Balaban J connectivity index is 1.65. The van der Waals surface area contributed by atoms with Crippen molar-refractivity contribution in [2.75, 3.05) is 0 Å². The number of hydrogen-bond donors (Lipinski definition) is 2. The fraction of sp³-hybridized carbons (Fsp3) is 0.632. The third kappa shape index (κ3) is 5.06. The van der Waals surface area contributed by atoms with E-state index in [0.717, 1.165) is 30.1 Å². The molecule has 2 N–H and O–H groups in total. The molecule has 3 rings (SSSR count). The van der Waals surface area contributed by atoms with E-state index in [9.17, 15) is 0 Å². The highest BCUT2D eigenvalue weighted by Crippen LogP contribution is 2.26. The number of rotatable bonds is 6. The average molecular weight is 375 g/mol. The molecule has 2 unspecified atom stereocenters. The van der Waals surface area contributed by atoms with E-state index in [1.54, 1.807) is 11.3 Å². The zero-order chi connectivity index (χ0) is 18.4. The first-order valence-electron chi connectivity index (χ1n) is 9.57.